The lowest BCUT2D eigenvalue weighted by atomic mass is 9.80. The number of benzene rings is 2. The van der Waals surface area contributed by atoms with Crippen LogP contribution in [0.1, 0.15) is 22.3 Å². The SMILES string of the molecule is Cc1cccc([C]2[CH][C]3C=CC=C[C]3[CH]2)c1-c1c(C)cccc1[C]1[CH][C]2C=CC=C[C]2[CH]1. The van der Waals surface area contributed by atoms with Crippen LogP contribution in [0.2, 0.25) is 0 Å². The fourth-order valence-electron chi connectivity index (χ4n) is 5.09. The van der Waals surface area contributed by atoms with Gasteiger partial charge in [0.2, 0.25) is 0 Å². The Bertz CT molecular complexity index is 1010. The summed E-state index contributed by atoms with van der Waals surface area (Å²) in [5, 5.41) is 0. The highest BCUT2D eigenvalue weighted by molar-refractivity contribution is 5.85. The van der Waals surface area contributed by atoms with Gasteiger partial charge < -0.3 is 0 Å². The summed E-state index contributed by atoms with van der Waals surface area (Å²) in [4.78, 5) is 0. The zero-order valence-corrected chi connectivity index (χ0v) is 18.4. The van der Waals surface area contributed by atoms with Crippen LogP contribution in [0.15, 0.2) is 85.0 Å². The van der Waals surface area contributed by atoms with Crippen molar-refractivity contribution in [2.45, 2.75) is 13.8 Å². The van der Waals surface area contributed by atoms with Gasteiger partial charge in [0.1, 0.15) is 0 Å². The largest absolute Gasteiger partial charge is 0.0762 e. The highest BCUT2D eigenvalue weighted by atomic mass is 14.4. The van der Waals surface area contributed by atoms with E-state index in [1.54, 1.807) is 0 Å². The van der Waals surface area contributed by atoms with E-state index < -0.39 is 0 Å². The lowest BCUT2D eigenvalue weighted by Crippen LogP contribution is -2.06. The van der Waals surface area contributed by atoms with E-state index in [9.17, 15) is 0 Å². The monoisotopic (exact) mass is 408 g/mol. The zero-order valence-electron chi connectivity index (χ0n) is 18.4. The van der Waals surface area contributed by atoms with Crippen molar-refractivity contribution in [1.82, 2.24) is 0 Å². The molecule has 2 aromatic rings. The second-order valence-electron chi connectivity index (χ2n) is 8.74. The van der Waals surface area contributed by atoms with Gasteiger partial charge in [-0.25, -0.2) is 0 Å². The summed E-state index contributed by atoms with van der Waals surface area (Å²) in [7, 11) is 0. The molecule has 10 radical (unpaired) electrons. The first kappa shape index (κ1) is 20.0. The van der Waals surface area contributed by atoms with Crippen LogP contribution in [-0.4, -0.2) is 0 Å². The molecule has 6 rings (SSSR count). The number of allylic oxidation sites excluding steroid dienone is 8. The molecule has 32 heavy (non-hydrogen) atoms. The third kappa shape index (κ3) is 3.36. The summed E-state index contributed by atoms with van der Waals surface area (Å²) < 4.78 is 0. The Morgan fingerprint density at radius 1 is 0.406 bits per heavy atom. The molecule has 0 heteroatoms. The molecule has 2 fully saturated rings. The maximum atomic E-state index is 2.32. The van der Waals surface area contributed by atoms with Crippen LogP contribution in [0.3, 0.4) is 0 Å². The second-order valence-corrected chi connectivity index (χ2v) is 8.74. The van der Waals surface area contributed by atoms with Gasteiger partial charge in [0.25, 0.3) is 0 Å². The Hall–Kier alpha value is -2.60. The summed E-state index contributed by atoms with van der Waals surface area (Å²) in [5.74, 6) is 7.74. The van der Waals surface area contributed by atoms with Crippen molar-refractivity contribution in [2.24, 2.45) is 0 Å². The Morgan fingerprint density at radius 3 is 1.09 bits per heavy atom. The van der Waals surface area contributed by atoms with E-state index >= 15 is 0 Å². The van der Waals surface area contributed by atoms with Crippen LogP contribution in [0, 0.1) is 75.0 Å². The number of rotatable bonds is 3. The first-order valence-corrected chi connectivity index (χ1v) is 11.2. The predicted octanol–water partition coefficient (Wildman–Crippen LogP) is 7.21. The van der Waals surface area contributed by atoms with Crippen molar-refractivity contribution in [3.8, 4) is 11.1 Å². The molecule has 0 amide bonds. The first-order valence-electron chi connectivity index (χ1n) is 11.2. The average Bonchev–Trinajstić information content (AvgIpc) is 3.43. The summed E-state index contributed by atoms with van der Waals surface area (Å²) in [6, 6.07) is 13.4. The minimum Gasteiger partial charge on any atom is -0.0762 e. The number of aryl methyl sites for hydroxylation is 2. The molecule has 2 saturated carbocycles. The van der Waals surface area contributed by atoms with Crippen LogP contribution < -0.4 is 0 Å². The summed E-state index contributed by atoms with van der Waals surface area (Å²) in [6.07, 6.45) is 26.5. The Balaban J connectivity index is 1.43. The van der Waals surface area contributed by atoms with Crippen LogP contribution in [0.25, 0.3) is 11.1 Å². The van der Waals surface area contributed by atoms with Gasteiger partial charge in [-0.3, -0.25) is 0 Å². The van der Waals surface area contributed by atoms with Crippen LogP contribution in [0.4, 0.5) is 0 Å². The third-order valence-electron chi connectivity index (χ3n) is 6.65. The van der Waals surface area contributed by atoms with Gasteiger partial charge in [0.15, 0.2) is 0 Å². The lowest BCUT2D eigenvalue weighted by Gasteiger charge is -2.23. The molecule has 0 heterocycles. The standard InChI is InChI=1S/C32H24/c1-21-9-7-15-29(27-17-23-11-3-4-12-24(23)18-27)31(21)32-22(2)10-8-16-30(32)28-19-25-13-5-6-14-26(25)20-28/h3-20H,1-2H3. The molecule has 2 aromatic carbocycles. The fraction of sp³-hybridized carbons (Fsp3) is 0.0625. The molecule has 0 N–H and O–H groups in total. The van der Waals surface area contributed by atoms with Gasteiger partial charge in [0, 0.05) is 35.5 Å². The highest BCUT2D eigenvalue weighted by Gasteiger charge is 2.39. The van der Waals surface area contributed by atoms with Gasteiger partial charge in [-0.1, -0.05) is 85.0 Å². The fourth-order valence-corrected chi connectivity index (χ4v) is 5.09. The molecule has 0 bridgehead atoms. The van der Waals surface area contributed by atoms with Crippen LogP contribution in [-0.2, 0) is 0 Å². The van der Waals surface area contributed by atoms with Crippen molar-refractivity contribution in [2.75, 3.05) is 0 Å². The summed E-state index contributed by atoms with van der Waals surface area (Å²) in [6.45, 7) is 4.47. The van der Waals surface area contributed by atoms with Crippen molar-refractivity contribution in [1.29, 1.82) is 0 Å². The average molecular weight is 409 g/mol. The normalized spacial score (nSPS) is 22.2. The van der Waals surface area contributed by atoms with Crippen LogP contribution in [0.5, 0.6) is 0 Å². The van der Waals surface area contributed by atoms with Gasteiger partial charge in [-0.2, -0.15) is 0 Å². The molecule has 0 saturated heterocycles. The van der Waals surface area contributed by atoms with Crippen molar-refractivity contribution < 1.29 is 0 Å². The number of fused-ring (bicyclic) bond motifs is 2. The molecule has 0 spiro atoms. The molecular weight excluding hydrogens is 384 g/mol. The quantitative estimate of drug-likeness (QED) is 0.503. The van der Waals surface area contributed by atoms with Gasteiger partial charge >= 0.3 is 0 Å². The molecule has 4 aliphatic rings. The van der Waals surface area contributed by atoms with E-state index in [0.717, 1.165) is 0 Å². The topological polar surface area (TPSA) is 0 Å². The second kappa shape index (κ2) is 8.07. The molecular formula is C32H24. The molecule has 4 aliphatic carbocycles. The van der Waals surface area contributed by atoms with E-state index in [0.29, 0.717) is 0 Å². The highest BCUT2D eigenvalue weighted by Crippen LogP contribution is 2.51. The van der Waals surface area contributed by atoms with E-state index in [1.807, 2.05) is 0 Å². The predicted molar refractivity (Wildman–Crippen MR) is 133 cm³/mol. The van der Waals surface area contributed by atoms with Crippen molar-refractivity contribution in [3.05, 3.63) is 168 Å². The Kier molecular flexibility index (Phi) is 5.05. The smallest absolute Gasteiger partial charge is 0.0143 e. The summed E-state index contributed by atoms with van der Waals surface area (Å²) in [5.41, 5.74) is 7.88. The molecule has 0 atom stereocenters. The molecule has 152 valence electrons. The minimum absolute atomic E-state index is 1.28. The number of hydrogen-bond acceptors (Lipinski definition) is 0. The van der Waals surface area contributed by atoms with E-state index in [4.69, 9.17) is 0 Å². The maximum Gasteiger partial charge on any atom is 0.0143 e. The molecule has 0 nitrogen and oxygen atoms in total. The van der Waals surface area contributed by atoms with E-state index in [-0.39, 0.29) is 0 Å². The van der Waals surface area contributed by atoms with Crippen LogP contribution >= 0.6 is 0 Å². The molecule has 0 unspecified atom stereocenters. The molecule has 0 aliphatic heterocycles. The van der Waals surface area contributed by atoms with E-state index in [1.165, 1.54) is 68.9 Å². The van der Waals surface area contributed by atoms with Crippen molar-refractivity contribution >= 4 is 0 Å². The van der Waals surface area contributed by atoms with Gasteiger partial charge in [-0.05, 0) is 72.9 Å². The van der Waals surface area contributed by atoms with Gasteiger partial charge in [-0.15, -0.1) is 0 Å². The molecule has 0 aromatic heterocycles. The number of hydrogen-bond donors (Lipinski definition) is 0. The van der Waals surface area contributed by atoms with Gasteiger partial charge in [0.05, 0.1) is 0 Å². The summed E-state index contributed by atoms with van der Waals surface area (Å²) >= 11 is 0. The Morgan fingerprint density at radius 2 is 0.750 bits per heavy atom. The van der Waals surface area contributed by atoms with E-state index in [2.05, 4.69) is 125 Å². The third-order valence-corrected chi connectivity index (χ3v) is 6.65. The maximum absolute atomic E-state index is 2.32. The van der Waals surface area contributed by atoms with Crippen molar-refractivity contribution in [3.63, 3.8) is 0 Å². The first-order chi connectivity index (χ1) is 15.7. The lowest BCUT2D eigenvalue weighted by molar-refractivity contribution is 1.21. The Labute approximate surface area is 193 Å². The zero-order chi connectivity index (χ0) is 21.7. The minimum atomic E-state index is 1.28.